The van der Waals surface area contributed by atoms with Gasteiger partial charge in [-0.15, -0.1) is 12.4 Å². The van der Waals surface area contributed by atoms with Gasteiger partial charge in [0.15, 0.2) is 0 Å². The second-order valence-corrected chi connectivity index (χ2v) is 6.68. The van der Waals surface area contributed by atoms with Crippen LogP contribution in [0.4, 0.5) is 0 Å². The number of benzene rings is 1. The van der Waals surface area contributed by atoms with E-state index in [0.29, 0.717) is 0 Å². The van der Waals surface area contributed by atoms with E-state index in [1.807, 2.05) is 19.2 Å². The second kappa shape index (κ2) is 8.72. The fourth-order valence-corrected chi connectivity index (χ4v) is 3.47. The molecule has 0 atom stereocenters. The lowest BCUT2D eigenvalue weighted by Gasteiger charge is -2.22. The largest absolute Gasteiger partial charge is 0.314 e. The van der Waals surface area contributed by atoms with Crippen LogP contribution < -0.4 is 5.32 Å². The molecule has 126 valence electrons. The second-order valence-electron chi connectivity index (χ2n) is 6.24. The first-order valence-electron chi connectivity index (χ1n) is 8.23. The standard InChI is InChI=1S/C18H24ClN3.ClH/c1-20-12-17-11-18(15-7-9-16(19)10-8-15)22(21-17)13-14-5-3-2-4-6-14;/h7-11,14,20H,2-6,12-13H2,1H3;1H. The summed E-state index contributed by atoms with van der Waals surface area (Å²) < 4.78 is 2.20. The Morgan fingerprint density at radius 2 is 1.87 bits per heavy atom. The van der Waals surface area contributed by atoms with Crippen molar-refractivity contribution in [3.63, 3.8) is 0 Å². The van der Waals surface area contributed by atoms with Gasteiger partial charge in [-0.1, -0.05) is 43.0 Å². The minimum absolute atomic E-state index is 0. The van der Waals surface area contributed by atoms with Gasteiger partial charge in [0.25, 0.3) is 0 Å². The van der Waals surface area contributed by atoms with E-state index in [1.165, 1.54) is 43.4 Å². The normalized spacial score (nSPS) is 15.4. The quantitative estimate of drug-likeness (QED) is 0.826. The minimum Gasteiger partial charge on any atom is -0.314 e. The van der Waals surface area contributed by atoms with Crippen molar-refractivity contribution in [3.8, 4) is 11.3 Å². The Hall–Kier alpha value is -1.03. The highest BCUT2D eigenvalue weighted by atomic mass is 35.5. The van der Waals surface area contributed by atoms with E-state index in [0.717, 1.165) is 29.7 Å². The number of nitrogens with one attached hydrogen (secondary N) is 1. The van der Waals surface area contributed by atoms with Crippen LogP contribution in [0.1, 0.15) is 37.8 Å². The monoisotopic (exact) mass is 353 g/mol. The lowest BCUT2D eigenvalue weighted by Crippen LogP contribution is -2.16. The van der Waals surface area contributed by atoms with Gasteiger partial charge in [0.05, 0.1) is 11.4 Å². The van der Waals surface area contributed by atoms with Gasteiger partial charge in [-0.2, -0.15) is 5.10 Å². The highest BCUT2D eigenvalue weighted by Gasteiger charge is 2.17. The molecule has 1 saturated carbocycles. The summed E-state index contributed by atoms with van der Waals surface area (Å²) >= 11 is 6.02. The molecule has 1 fully saturated rings. The van der Waals surface area contributed by atoms with Gasteiger partial charge in [-0.05, 0) is 49.6 Å². The van der Waals surface area contributed by atoms with Crippen LogP contribution in [0.25, 0.3) is 11.3 Å². The molecule has 1 aromatic carbocycles. The fourth-order valence-electron chi connectivity index (χ4n) is 3.34. The molecule has 1 N–H and O–H groups in total. The summed E-state index contributed by atoms with van der Waals surface area (Å²) in [6.45, 7) is 1.83. The van der Waals surface area contributed by atoms with Crippen molar-refractivity contribution in [1.82, 2.24) is 15.1 Å². The first-order chi connectivity index (χ1) is 10.8. The first kappa shape index (κ1) is 18.3. The summed E-state index contributed by atoms with van der Waals surface area (Å²) in [5.74, 6) is 0.766. The Kier molecular flexibility index (Phi) is 6.94. The third kappa shape index (κ3) is 4.72. The predicted octanol–water partition coefficient (Wildman–Crippen LogP) is 4.93. The molecule has 0 spiro atoms. The molecule has 5 heteroatoms. The van der Waals surface area contributed by atoms with Gasteiger partial charge in [0, 0.05) is 18.1 Å². The number of hydrogen-bond donors (Lipinski definition) is 1. The van der Waals surface area contributed by atoms with Gasteiger partial charge in [-0.25, -0.2) is 0 Å². The summed E-state index contributed by atoms with van der Waals surface area (Å²) in [6.07, 6.45) is 6.80. The van der Waals surface area contributed by atoms with Crippen LogP contribution in [-0.2, 0) is 13.1 Å². The Morgan fingerprint density at radius 3 is 2.52 bits per heavy atom. The highest BCUT2D eigenvalue weighted by molar-refractivity contribution is 6.30. The number of hydrogen-bond acceptors (Lipinski definition) is 2. The van der Waals surface area contributed by atoms with E-state index < -0.39 is 0 Å². The zero-order valence-electron chi connectivity index (χ0n) is 13.6. The maximum atomic E-state index is 6.02. The molecule has 1 aliphatic rings. The number of nitrogens with zero attached hydrogens (tertiary/aromatic N) is 2. The van der Waals surface area contributed by atoms with Crippen molar-refractivity contribution < 1.29 is 0 Å². The van der Waals surface area contributed by atoms with Crippen LogP contribution >= 0.6 is 24.0 Å². The van der Waals surface area contributed by atoms with Crippen molar-refractivity contribution in [3.05, 3.63) is 41.0 Å². The molecule has 3 nitrogen and oxygen atoms in total. The molecule has 0 aliphatic heterocycles. The molecule has 3 rings (SSSR count). The molecule has 2 aromatic rings. The number of rotatable bonds is 5. The Morgan fingerprint density at radius 1 is 1.17 bits per heavy atom. The average molecular weight is 354 g/mol. The third-order valence-electron chi connectivity index (χ3n) is 4.48. The van der Waals surface area contributed by atoms with E-state index in [-0.39, 0.29) is 12.4 Å². The highest BCUT2D eigenvalue weighted by Crippen LogP contribution is 2.28. The number of aromatic nitrogens is 2. The van der Waals surface area contributed by atoms with Gasteiger partial charge in [0.2, 0.25) is 0 Å². The SMILES string of the molecule is CNCc1cc(-c2ccc(Cl)cc2)n(CC2CCCCC2)n1.Cl. The van der Waals surface area contributed by atoms with Crippen molar-refractivity contribution in [2.75, 3.05) is 7.05 Å². The molecule has 0 unspecified atom stereocenters. The maximum Gasteiger partial charge on any atom is 0.0768 e. The van der Waals surface area contributed by atoms with E-state index in [4.69, 9.17) is 16.7 Å². The summed E-state index contributed by atoms with van der Waals surface area (Å²) in [5, 5.41) is 8.78. The summed E-state index contributed by atoms with van der Waals surface area (Å²) in [5.41, 5.74) is 3.49. The van der Waals surface area contributed by atoms with E-state index >= 15 is 0 Å². The maximum absolute atomic E-state index is 6.02. The van der Waals surface area contributed by atoms with Crippen molar-refractivity contribution in [2.24, 2.45) is 5.92 Å². The van der Waals surface area contributed by atoms with E-state index in [2.05, 4.69) is 28.2 Å². The summed E-state index contributed by atoms with van der Waals surface area (Å²) in [7, 11) is 1.96. The predicted molar refractivity (Wildman–Crippen MR) is 99.3 cm³/mol. The average Bonchev–Trinajstić information content (AvgIpc) is 2.92. The molecule has 0 radical (unpaired) electrons. The van der Waals surface area contributed by atoms with Gasteiger partial charge < -0.3 is 5.32 Å². The molecule has 0 saturated heterocycles. The van der Waals surface area contributed by atoms with Crippen molar-refractivity contribution in [1.29, 1.82) is 0 Å². The third-order valence-corrected chi connectivity index (χ3v) is 4.74. The van der Waals surface area contributed by atoms with Crippen LogP contribution in [0.5, 0.6) is 0 Å². The van der Waals surface area contributed by atoms with Crippen LogP contribution in [0, 0.1) is 5.92 Å². The Labute approximate surface area is 149 Å². The topological polar surface area (TPSA) is 29.9 Å². The molecule has 1 aromatic heterocycles. The lowest BCUT2D eigenvalue weighted by atomic mass is 9.89. The molecular weight excluding hydrogens is 329 g/mol. The Balaban J connectivity index is 0.00000192. The zero-order chi connectivity index (χ0) is 15.4. The fraction of sp³-hybridized carbons (Fsp3) is 0.500. The van der Waals surface area contributed by atoms with Crippen LogP contribution in [0.15, 0.2) is 30.3 Å². The molecule has 1 aliphatic carbocycles. The minimum atomic E-state index is 0. The van der Waals surface area contributed by atoms with Crippen LogP contribution in [0.3, 0.4) is 0 Å². The van der Waals surface area contributed by atoms with Crippen LogP contribution in [0.2, 0.25) is 5.02 Å². The summed E-state index contributed by atoms with van der Waals surface area (Å²) in [4.78, 5) is 0. The molecule has 1 heterocycles. The molecule has 0 amide bonds. The lowest BCUT2D eigenvalue weighted by molar-refractivity contribution is 0.309. The van der Waals surface area contributed by atoms with Crippen molar-refractivity contribution in [2.45, 2.75) is 45.2 Å². The van der Waals surface area contributed by atoms with Crippen LogP contribution in [-0.4, -0.2) is 16.8 Å². The molecule has 23 heavy (non-hydrogen) atoms. The smallest absolute Gasteiger partial charge is 0.0768 e. The Bertz CT molecular complexity index is 601. The van der Waals surface area contributed by atoms with E-state index in [1.54, 1.807) is 0 Å². The van der Waals surface area contributed by atoms with Gasteiger partial charge >= 0.3 is 0 Å². The van der Waals surface area contributed by atoms with Gasteiger partial charge in [0.1, 0.15) is 0 Å². The zero-order valence-corrected chi connectivity index (χ0v) is 15.2. The molecule has 0 bridgehead atoms. The number of halogens is 2. The summed E-state index contributed by atoms with van der Waals surface area (Å²) in [6, 6.07) is 10.3. The van der Waals surface area contributed by atoms with E-state index in [9.17, 15) is 0 Å². The van der Waals surface area contributed by atoms with Gasteiger partial charge in [-0.3, -0.25) is 4.68 Å². The van der Waals surface area contributed by atoms with Crippen molar-refractivity contribution >= 4 is 24.0 Å². The first-order valence-corrected chi connectivity index (χ1v) is 8.61. The molecular formula is C18H25Cl2N3.